The molecule has 1 unspecified atom stereocenters. The van der Waals surface area contributed by atoms with Crippen molar-refractivity contribution in [1.29, 1.82) is 0 Å². The van der Waals surface area contributed by atoms with Crippen molar-refractivity contribution in [1.82, 2.24) is 9.88 Å². The van der Waals surface area contributed by atoms with Gasteiger partial charge in [-0.15, -0.1) is 0 Å². The fourth-order valence-electron chi connectivity index (χ4n) is 8.74. The Bertz CT molecular complexity index is 3470. The monoisotopic (exact) mass is 716 g/mol. The highest BCUT2D eigenvalue weighted by molar-refractivity contribution is 6.20. The SMILES string of the molecule is c1ccc2cc(C3=NC(c4cccc5ccccc45)NC(c4cc5c(cc4-n4c6ccccc6c6cc7ccccc7cc64)oc4ccccc45)=N3)ccc2c1. The van der Waals surface area contributed by atoms with Gasteiger partial charge < -0.3 is 14.3 Å². The fourth-order valence-corrected chi connectivity index (χ4v) is 8.74. The molecule has 1 aliphatic heterocycles. The molecule has 1 N–H and O–H groups in total. The highest BCUT2D eigenvalue weighted by atomic mass is 16.3. The van der Waals surface area contributed by atoms with Crippen LogP contribution in [0.15, 0.2) is 196 Å². The van der Waals surface area contributed by atoms with Crippen molar-refractivity contribution in [2.45, 2.75) is 6.17 Å². The lowest BCUT2D eigenvalue weighted by atomic mass is 10.0. The molecule has 0 radical (unpaired) electrons. The van der Waals surface area contributed by atoms with E-state index in [4.69, 9.17) is 14.4 Å². The van der Waals surface area contributed by atoms with Crippen LogP contribution in [0.1, 0.15) is 22.9 Å². The second kappa shape index (κ2) is 12.0. The fraction of sp³-hybridized carbons (Fsp3) is 0.0196. The Morgan fingerprint density at radius 2 is 1.14 bits per heavy atom. The van der Waals surface area contributed by atoms with Gasteiger partial charge in [0.25, 0.3) is 0 Å². The lowest BCUT2D eigenvalue weighted by Crippen LogP contribution is -2.34. The van der Waals surface area contributed by atoms with E-state index < -0.39 is 6.17 Å². The van der Waals surface area contributed by atoms with Crippen molar-refractivity contribution in [3.8, 4) is 5.69 Å². The molecule has 0 spiro atoms. The molecule has 0 saturated carbocycles. The molecule has 3 heterocycles. The minimum atomic E-state index is -0.401. The average molecular weight is 717 g/mol. The minimum absolute atomic E-state index is 0.401. The lowest BCUT2D eigenvalue weighted by Gasteiger charge is -2.26. The Balaban J connectivity index is 1.17. The number of nitrogens with one attached hydrogen (secondary N) is 1. The van der Waals surface area contributed by atoms with Crippen LogP contribution in [-0.2, 0) is 0 Å². The largest absolute Gasteiger partial charge is 0.456 e. The second-order valence-corrected chi connectivity index (χ2v) is 14.6. The summed E-state index contributed by atoms with van der Waals surface area (Å²) in [6, 6.07) is 64.5. The zero-order valence-electron chi connectivity index (χ0n) is 30.1. The van der Waals surface area contributed by atoms with Gasteiger partial charge in [0.05, 0.1) is 16.7 Å². The standard InChI is InChI=1S/C51H32N4O/c1-2-14-33-26-36(25-24-31(33)12-1)49-52-50(40-21-11-17-32-13-5-6-18-37(32)40)54-51(53-49)43-29-42-39-20-8-10-23-47(39)56-48(42)30-46(43)55-44-22-9-7-19-38(44)41-27-34-15-3-4-16-35(34)28-45(41)55/h1-30,50H,(H,52,53,54). The topological polar surface area (TPSA) is 54.8 Å². The molecule has 262 valence electrons. The summed E-state index contributed by atoms with van der Waals surface area (Å²) in [5.41, 5.74) is 7.89. The number of hydrogen-bond donors (Lipinski definition) is 1. The molecular weight excluding hydrogens is 685 g/mol. The molecule has 12 rings (SSSR count). The molecule has 0 bridgehead atoms. The van der Waals surface area contributed by atoms with Gasteiger partial charge in [-0.3, -0.25) is 0 Å². The second-order valence-electron chi connectivity index (χ2n) is 14.6. The van der Waals surface area contributed by atoms with E-state index in [0.29, 0.717) is 5.84 Å². The van der Waals surface area contributed by atoms with Crippen LogP contribution in [-0.4, -0.2) is 16.2 Å². The number of rotatable bonds is 4. The first-order valence-corrected chi connectivity index (χ1v) is 19.0. The van der Waals surface area contributed by atoms with Crippen molar-refractivity contribution in [3.05, 3.63) is 199 Å². The molecule has 5 nitrogen and oxygen atoms in total. The van der Waals surface area contributed by atoms with Gasteiger partial charge in [-0.1, -0.05) is 140 Å². The molecular formula is C51H32N4O. The summed E-state index contributed by atoms with van der Waals surface area (Å²) in [7, 11) is 0. The number of nitrogens with zero attached hydrogens (tertiary/aromatic N) is 3. The maximum absolute atomic E-state index is 6.60. The Morgan fingerprint density at radius 1 is 0.464 bits per heavy atom. The molecule has 0 aliphatic carbocycles. The van der Waals surface area contributed by atoms with Crippen LogP contribution >= 0.6 is 0 Å². The van der Waals surface area contributed by atoms with Gasteiger partial charge in [0.2, 0.25) is 0 Å². The van der Waals surface area contributed by atoms with Crippen molar-refractivity contribution >= 4 is 87.7 Å². The number of furan rings is 1. The first-order chi connectivity index (χ1) is 27.7. The van der Waals surface area contributed by atoms with Gasteiger partial charge in [0, 0.05) is 44.3 Å². The van der Waals surface area contributed by atoms with Crippen LogP contribution in [0.25, 0.3) is 81.7 Å². The van der Waals surface area contributed by atoms with Crippen molar-refractivity contribution in [2.24, 2.45) is 9.98 Å². The summed E-state index contributed by atoms with van der Waals surface area (Å²) in [4.78, 5) is 10.8. The molecule has 5 heteroatoms. The van der Waals surface area contributed by atoms with Gasteiger partial charge in [-0.05, 0) is 68.7 Å². The predicted octanol–water partition coefficient (Wildman–Crippen LogP) is 12.6. The Hall–Kier alpha value is -7.50. The third kappa shape index (κ3) is 4.74. The lowest BCUT2D eigenvalue weighted by molar-refractivity contribution is 0.668. The number of amidine groups is 2. The molecule has 56 heavy (non-hydrogen) atoms. The van der Waals surface area contributed by atoms with Crippen molar-refractivity contribution in [3.63, 3.8) is 0 Å². The number of para-hydroxylation sites is 2. The number of aliphatic imine (C=N–C) groups is 2. The molecule has 0 fully saturated rings. The molecule has 9 aromatic carbocycles. The summed E-state index contributed by atoms with van der Waals surface area (Å²) in [6.07, 6.45) is -0.401. The smallest absolute Gasteiger partial charge is 0.159 e. The normalized spacial score (nSPS) is 14.6. The number of fused-ring (bicyclic) bond motifs is 9. The van der Waals surface area contributed by atoms with E-state index in [1.54, 1.807) is 0 Å². The summed E-state index contributed by atoms with van der Waals surface area (Å²) in [5, 5.41) is 15.4. The van der Waals surface area contributed by atoms with Gasteiger partial charge in [-0.2, -0.15) is 0 Å². The molecule has 0 saturated heterocycles. The van der Waals surface area contributed by atoms with E-state index in [-0.39, 0.29) is 0 Å². The van der Waals surface area contributed by atoms with Crippen LogP contribution < -0.4 is 5.32 Å². The van der Waals surface area contributed by atoms with Gasteiger partial charge >= 0.3 is 0 Å². The first kappa shape index (κ1) is 30.9. The van der Waals surface area contributed by atoms with Crippen LogP contribution in [0.3, 0.4) is 0 Å². The van der Waals surface area contributed by atoms with E-state index in [9.17, 15) is 0 Å². The highest BCUT2D eigenvalue weighted by Crippen LogP contribution is 2.40. The predicted molar refractivity (Wildman–Crippen MR) is 232 cm³/mol. The third-order valence-corrected chi connectivity index (χ3v) is 11.4. The summed E-state index contributed by atoms with van der Waals surface area (Å²) < 4.78 is 8.99. The Morgan fingerprint density at radius 3 is 2.00 bits per heavy atom. The van der Waals surface area contributed by atoms with E-state index in [0.717, 1.165) is 72.0 Å². The molecule has 1 aliphatic rings. The summed E-state index contributed by atoms with van der Waals surface area (Å²) >= 11 is 0. The van der Waals surface area contributed by atoms with Crippen LogP contribution in [0.4, 0.5) is 0 Å². The third-order valence-electron chi connectivity index (χ3n) is 11.4. The highest BCUT2D eigenvalue weighted by Gasteiger charge is 2.27. The Kier molecular flexibility index (Phi) is 6.63. The van der Waals surface area contributed by atoms with Crippen molar-refractivity contribution < 1.29 is 4.42 Å². The quantitative estimate of drug-likeness (QED) is 0.197. The zero-order chi connectivity index (χ0) is 36.7. The van der Waals surface area contributed by atoms with E-state index in [2.05, 4.69) is 180 Å². The van der Waals surface area contributed by atoms with Gasteiger partial charge in [0.1, 0.15) is 23.2 Å². The van der Waals surface area contributed by atoms with Gasteiger partial charge in [0.15, 0.2) is 5.84 Å². The molecule has 2 aromatic heterocycles. The molecule has 11 aromatic rings. The molecule has 0 amide bonds. The maximum atomic E-state index is 6.60. The van der Waals surface area contributed by atoms with Crippen LogP contribution in [0, 0.1) is 0 Å². The summed E-state index contributed by atoms with van der Waals surface area (Å²) in [5.74, 6) is 1.42. The first-order valence-electron chi connectivity index (χ1n) is 19.0. The molecule has 1 atom stereocenters. The van der Waals surface area contributed by atoms with Gasteiger partial charge in [-0.25, -0.2) is 9.98 Å². The van der Waals surface area contributed by atoms with Crippen molar-refractivity contribution in [2.75, 3.05) is 0 Å². The van der Waals surface area contributed by atoms with E-state index in [1.165, 1.54) is 32.3 Å². The Labute approximate surface area is 321 Å². The van der Waals surface area contributed by atoms with E-state index >= 15 is 0 Å². The number of benzene rings is 9. The van der Waals surface area contributed by atoms with Crippen LogP contribution in [0.2, 0.25) is 0 Å². The number of hydrogen-bond acceptors (Lipinski definition) is 4. The van der Waals surface area contributed by atoms with E-state index in [1.807, 2.05) is 12.1 Å². The van der Waals surface area contributed by atoms with Crippen LogP contribution in [0.5, 0.6) is 0 Å². The average Bonchev–Trinajstić information content (AvgIpc) is 3.79. The zero-order valence-corrected chi connectivity index (χ0v) is 30.1. The minimum Gasteiger partial charge on any atom is -0.456 e. The maximum Gasteiger partial charge on any atom is 0.159 e. The number of aromatic nitrogens is 1. The summed E-state index contributed by atoms with van der Waals surface area (Å²) in [6.45, 7) is 0.